The van der Waals surface area contributed by atoms with Gasteiger partial charge in [0.15, 0.2) is 0 Å². The Morgan fingerprint density at radius 1 is 1.36 bits per heavy atom. The van der Waals surface area contributed by atoms with Crippen molar-refractivity contribution in [1.29, 1.82) is 0 Å². The van der Waals surface area contributed by atoms with Crippen LogP contribution in [0.4, 0.5) is 0 Å². The van der Waals surface area contributed by atoms with Crippen LogP contribution in [0, 0.1) is 5.92 Å². The molecular weight excluding hydrogens is 179 g/mol. The largest absolute Gasteiger partial charge is 0.0976 e. The molecule has 62 valence electrons. The Morgan fingerprint density at radius 3 is 1.91 bits per heavy atom. The highest BCUT2D eigenvalue weighted by Crippen LogP contribution is 2.27. The van der Waals surface area contributed by atoms with Crippen LogP contribution in [0.15, 0.2) is 34.9 Å². The Labute approximate surface area is 78.2 Å². The molecule has 0 fully saturated rings. The van der Waals surface area contributed by atoms with Gasteiger partial charge in [-0.3, -0.25) is 0 Å². The van der Waals surface area contributed by atoms with E-state index in [2.05, 4.69) is 13.2 Å². The Kier molecular flexibility index (Phi) is 4.55. The Hall–Kier alpha value is -0.200. The number of hydrogen-bond acceptors (Lipinski definition) is 0. The van der Waals surface area contributed by atoms with Crippen molar-refractivity contribution in [3.8, 4) is 0 Å². The molecule has 0 unspecified atom stereocenters. The molecule has 0 aromatic rings. The summed E-state index contributed by atoms with van der Waals surface area (Å²) in [5, 5.41) is 1.07. The minimum absolute atomic E-state index is 0.283. The highest BCUT2D eigenvalue weighted by atomic mass is 35.5. The van der Waals surface area contributed by atoms with E-state index in [9.17, 15) is 0 Å². The second-order valence-electron chi connectivity index (χ2n) is 2.53. The molecule has 0 nitrogen and oxygen atoms in total. The summed E-state index contributed by atoms with van der Waals surface area (Å²) in [6.45, 7) is 11.2. The zero-order chi connectivity index (χ0) is 9.02. The molecule has 0 saturated heterocycles. The van der Waals surface area contributed by atoms with Gasteiger partial charge in [0.1, 0.15) is 0 Å². The lowest BCUT2D eigenvalue weighted by Crippen LogP contribution is -1.95. The molecule has 0 aliphatic heterocycles. The van der Waals surface area contributed by atoms with Crippen molar-refractivity contribution in [2.24, 2.45) is 5.92 Å². The number of rotatable bonds is 3. The summed E-state index contributed by atoms with van der Waals surface area (Å²) in [6, 6.07) is 0. The van der Waals surface area contributed by atoms with E-state index < -0.39 is 0 Å². The maximum absolute atomic E-state index is 5.84. The van der Waals surface area contributed by atoms with Crippen LogP contribution in [0.25, 0.3) is 0 Å². The predicted molar refractivity (Wildman–Crippen MR) is 52.9 cm³/mol. The molecule has 0 atom stereocenters. The fourth-order valence-corrected chi connectivity index (χ4v) is 1.53. The summed E-state index contributed by atoms with van der Waals surface area (Å²) in [5.41, 5.74) is 0.864. The average Bonchev–Trinajstić information content (AvgIpc) is 1.85. The molecule has 0 N–H and O–H groups in total. The Balaban J connectivity index is 4.87. The van der Waals surface area contributed by atoms with E-state index in [1.165, 1.54) is 0 Å². The van der Waals surface area contributed by atoms with Gasteiger partial charge in [-0.15, -0.1) is 0 Å². The first kappa shape index (κ1) is 10.8. The minimum Gasteiger partial charge on any atom is -0.0976 e. The van der Waals surface area contributed by atoms with Crippen LogP contribution in [0.5, 0.6) is 0 Å². The third-order valence-electron chi connectivity index (χ3n) is 1.31. The molecule has 0 saturated carbocycles. The van der Waals surface area contributed by atoms with Crippen molar-refractivity contribution in [3.63, 3.8) is 0 Å². The number of allylic oxidation sites excluding steroid dienone is 4. The first-order chi connectivity index (χ1) is 5.00. The summed E-state index contributed by atoms with van der Waals surface area (Å²) in [6.07, 6.45) is 1.57. The Bertz CT molecular complexity index is 200. The minimum atomic E-state index is 0.283. The van der Waals surface area contributed by atoms with Gasteiger partial charge in [-0.05, 0) is 11.5 Å². The van der Waals surface area contributed by atoms with E-state index in [1.54, 1.807) is 6.08 Å². The zero-order valence-electron chi connectivity index (χ0n) is 6.82. The molecule has 0 aromatic heterocycles. The summed E-state index contributed by atoms with van der Waals surface area (Å²) in [4.78, 5) is 0. The van der Waals surface area contributed by atoms with Crippen molar-refractivity contribution in [2.45, 2.75) is 13.8 Å². The molecule has 0 aliphatic rings. The monoisotopic (exact) mass is 190 g/mol. The normalized spacial score (nSPS) is 12.8. The second kappa shape index (κ2) is 4.63. The van der Waals surface area contributed by atoms with Crippen LogP contribution >= 0.6 is 23.2 Å². The van der Waals surface area contributed by atoms with Gasteiger partial charge in [-0.25, -0.2) is 0 Å². The van der Waals surface area contributed by atoms with Crippen LogP contribution in [-0.4, -0.2) is 0 Å². The standard InChI is InChI=1S/C9H12Cl2/c1-5-8(11)9(6(2)3)7(4)10/h5-6H,1,4H2,2-3H3/b9-8+. The molecule has 0 aromatic carbocycles. The quantitative estimate of drug-likeness (QED) is 0.589. The van der Waals surface area contributed by atoms with Crippen molar-refractivity contribution in [1.82, 2.24) is 0 Å². The van der Waals surface area contributed by atoms with Crippen LogP contribution in [0.2, 0.25) is 0 Å². The maximum atomic E-state index is 5.84. The summed E-state index contributed by atoms with van der Waals surface area (Å²) >= 11 is 11.6. The first-order valence-electron chi connectivity index (χ1n) is 3.37. The second-order valence-corrected chi connectivity index (χ2v) is 3.39. The van der Waals surface area contributed by atoms with Crippen LogP contribution in [-0.2, 0) is 0 Å². The van der Waals surface area contributed by atoms with Crippen LogP contribution in [0.3, 0.4) is 0 Å². The van der Waals surface area contributed by atoms with Gasteiger partial charge >= 0.3 is 0 Å². The van der Waals surface area contributed by atoms with E-state index in [0.29, 0.717) is 10.1 Å². The van der Waals surface area contributed by atoms with Gasteiger partial charge < -0.3 is 0 Å². The lowest BCUT2D eigenvalue weighted by atomic mass is 10.0. The highest BCUT2D eigenvalue weighted by molar-refractivity contribution is 6.36. The van der Waals surface area contributed by atoms with Gasteiger partial charge in [-0.2, -0.15) is 0 Å². The summed E-state index contributed by atoms with van der Waals surface area (Å²) < 4.78 is 0. The molecule has 0 spiro atoms. The smallest absolute Gasteiger partial charge is 0.0449 e. The molecule has 0 bridgehead atoms. The number of halogens is 2. The van der Waals surface area contributed by atoms with Crippen molar-refractivity contribution in [3.05, 3.63) is 34.9 Å². The van der Waals surface area contributed by atoms with E-state index in [1.807, 2.05) is 13.8 Å². The van der Waals surface area contributed by atoms with Gasteiger partial charge in [0.2, 0.25) is 0 Å². The molecule has 11 heavy (non-hydrogen) atoms. The molecule has 0 radical (unpaired) electrons. The van der Waals surface area contributed by atoms with Crippen molar-refractivity contribution >= 4 is 23.2 Å². The predicted octanol–water partition coefficient (Wildman–Crippen LogP) is 4.07. The van der Waals surface area contributed by atoms with Crippen LogP contribution in [0.1, 0.15) is 13.8 Å². The average molecular weight is 191 g/mol. The molecule has 0 aliphatic carbocycles. The molecule has 0 amide bonds. The fourth-order valence-electron chi connectivity index (χ4n) is 0.829. The van der Waals surface area contributed by atoms with E-state index >= 15 is 0 Å². The van der Waals surface area contributed by atoms with Crippen LogP contribution < -0.4 is 0 Å². The molecular formula is C9H12Cl2. The topological polar surface area (TPSA) is 0 Å². The number of hydrogen-bond donors (Lipinski definition) is 0. The fraction of sp³-hybridized carbons (Fsp3) is 0.333. The first-order valence-corrected chi connectivity index (χ1v) is 4.13. The van der Waals surface area contributed by atoms with Crippen molar-refractivity contribution < 1.29 is 0 Å². The third-order valence-corrected chi connectivity index (χ3v) is 1.87. The van der Waals surface area contributed by atoms with Crippen molar-refractivity contribution in [2.75, 3.05) is 0 Å². The van der Waals surface area contributed by atoms with Gasteiger partial charge in [0.25, 0.3) is 0 Å². The van der Waals surface area contributed by atoms with Gasteiger partial charge in [-0.1, -0.05) is 56.3 Å². The SMILES string of the molecule is C=C/C(Cl)=C(\C(=C)Cl)C(C)C. The lowest BCUT2D eigenvalue weighted by molar-refractivity contribution is 0.786. The highest BCUT2D eigenvalue weighted by Gasteiger charge is 2.08. The van der Waals surface area contributed by atoms with Gasteiger partial charge in [0, 0.05) is 10.1 Å². The summed E-state index contributed by atoms with van der Waals surface area (Å²) in [7, 11) is 0. The zero-order valence-corrected chi connectivity index (χ0v) is 8.34. The molecule has 2 heteroatoms. The molecule has 0 heterocycles. The molecule has 0 rings (SSSR count). The third kappa shape index (κ3) is 3.13. The Morgan fingerprint density at radius 2 is 1.82 bits per heavy atom. The van der Waals surface area contributed by atoms with E-state index in [0.717, 1.165) is 5.57 Å². The lowest BCUT2D eigenvalue weighted by Gasteiger charge is -2.10. The van der Waals surface area contributed by atoms with E-state index in [-0.39, 0.29) is 5.92 Å². The van der Waals surface area contributed by atoms with E-state index in [4.69, 9.17) is 23.2 Å². The van der Waals surface area contributed by atoms with Gasteiger partial charge in [0.05, 0.1) is 0 Å². The maximum Gasteiger partial charge on any atom is 0.0449 e. The summed E-state index contributed by atoms with van der Waals surface area (Å²) in [5.74, 6) is 0.283.